The molecule has 1 aromatic carbocycles. The lowest BCUT2D eigenvalue weighted by atomic mass is 10.2. The van der Waals surface area contributed by atoms with Crippen LogP contribution in [0, 0.1) is 0 Å². The highest BCUT2D eigenvalue weighted by atomic mass is 32.2. The highest BCUT2D eigenvalue weighted by Gasteiger charge is 2.33. The number of carbonyl (C=O) groups is 3. The van der Waals surface area contributed by atoms with Crippen LogP contribution in [-0.4, -0.2) is 22.3 Å². The summed E-state index contributed by atoms with van der Waals surface area (Å²) in [5, 5.41) is 3.79. The second kappa shape index (κ2) is 5.01. The van der Waals surface area contributed by atoms with Crippen molar-refractivity contribution in [1.29, 1.82) is 0 Å². The van der Waals surface area contributed by atoms with Gasteiger partial charge in [0.15, 0.2) is 0 Å². The van der Waals surface area contributed by atoms with E-state index in [4.69, 9.17) is 0 Å². The van der Waals surface area contributed by atoms with Crippen molar-refractivity contribution in [3.8, 4) is 0 Å². The van der Waals surface area contributed by atoms with Crippen LogP contribution in [0.25, 0.3) is 0 Å². The molecule has 1 atom stereocenters. The van der Waals surface area contributed by atoms with Crippen LogP contribution in [0.4, 0.5) is 10.5 Å². The maximum absolute atomic E-state index is 11.6. The molecule has 1 heterocycles. The summed E-state index contributed by atoms with van der Waals surface area (Å²) >= 11 is 0.852. The zero-order chi connectivity index (χ0) is 12.3. The van der Waals surface area contributed by atoms with Gasteiger partial charge in [0.2, 0.25) is 11.8 Å². The number of imide groups is 1. The van der Waals surface area contributed by atoms with Crippen molar-refractivity contribution < 1.29 is 14.4 Å². The van der Waals surface area contributed by atoms with Crippen LogP contribution < -0.4 is 10.6 Å². The van der Waals surface area contributed by atoms with Crippen LogP contribution in [0.2, 0.25) is 0 Å². The van der Waals surface area contributed by atoms with Crippen molar-refractivity contribution in [2.75, 3.05) is 5.32 Å². The number of rotatable bonds is 3. The van der Waals surface area contributed by atoms with E-state index >= 15 is 0 Å². The summed E-state index contributed by atoms with van der Waals surface area (Å²) in [6.45, 7) is 0. The van der Waals surface area contributed by atoms with Gasteiger partial charge in [-0.25, -0.2) is 0 Å². The summed E-state index contributed by atoms with van der Waals surface area (Å²) in [6.07, 6.45) is -0.00284. The van der Waals surface area contributed by atoms with Gasteiger partial charge in [-0.1, -0.05) is 30.0 Å². The molecule has 1 aliphatic heterocycles. The van der Waals surface area contributed by atoms with Gasteiger partial charge in [0.25, 0.3) is 5.24 Å². The van der Waals surface area contributed by atoms with E-state index in [9.17, 15) is 14.4 Å². The number of hydrogen-bond acceptors (Lipinski definition) is 4. The molecule has 0 aliphatic carbocycles. The standard InChI is InChI=1S/C11H10N2O3S/c14-9(12-7-4-2-1-3-5-7)6-8-10(15)13-11(16)17-8/h1-5,8H,6H2,(H,12,14)(H,13,15,16)/t8-/m1/s1. The monoisotopic (exact) mass is 250 g/mol. The van der Waals surface area contributed by atoms with Crippen molar-refractivity contribution in [3.63, 3.8) is 0 Å². The van der Waals surface area contributed by atoms with E-state index in [1.807, 2.05) is 6.07 Å². The fourth-order valence-corrected chi connectivity index (χ4v) is 2.25. The first-order chi connectivity index (χ1) is 8.15. The lowest BCUT2D eigenvalue weighted by molar-refractivity contribution is -0.122. The van der Waals surface area contributed by atoms with Gasteiger partial charge >= 0.3 is 0 Å². The molecule has 5 nitrogen and oxygen atoms in total. The van der Waals surface area contributed by atoms with E-state index in [-0.39, 0.29) is 12.3 Å². The Kier molecular flexibility index (Phi) is 3.43. The van der Waals surface area contributed by atoms with Crippen molar-refractivity contribution in [2.24, 2.45) is 0 Å². The van der Waals surface area contributed by atoms with Gasteiger partial charge in [-0.3, -0.25) is 19.7 Å². The zero-order valence-electron chi connectivity index (χ0n) is 8.80. The van der Waals surface area contributed by atoms with Gasteiger partial charge in [-0.2, -0.15) is 0 Å². The van der Waals surface area contributed by atoms with Crippen molar-refractivity contribution in [1.82, 2.24) is 5.32 Å². The molecule has 0 saturated carbocycles. The van der Waals surface area contributed by atoms with Gasteiger partial charge in [0.05, 0.1) is 0 Å². The molecule has 1 aliphatic rings. The van der Waals surface area contributed by atoms with Crippen LogP contribution in [0.15, 0.2) is 30.3 Å². The Balaban J connectivity index is 1.90. The third kappa shape index (κ3) is 3.07. The van der Waals surface area contributed by atoms with Gasteiger partial charge in [-0.15, -0.1) is 0 Å². The third-order valence-corrected chi connectivity index (χ3v) is 3.18. The van der Waals surface area contributed by atoms with Gasteiger partial charge in [0, 0.05) is 12.1 Å². The summed E-state index contributed by atoms with van der Waals surface area (Å²) in [5.74, 6) is -0.679. The molecule has 3 amide bonds. The number of hydrogen-bond donors (Lipinski definition) is 2. The minimum Gasteiger partial charge on any atom is -0.326 e. The van der Waals surface area contributed by atoms with Crippen LogP contribution in [0.5, 0.6) is 0 Å². The van der Waals surface area contributed by atoms with E-state index in [0.29, 0.717) is 5.69 Å². The molecule has 2 N–H and O–H groups in total. The minimum atomic E-state index is -0.619. The molecular formula is C11H10N2O3S. The van der Waals surface area contributed by atoms with Gasteiger partial charge < -0.3 is 5.32 Å². The summed E-state index contributed by atoms with van der Waals surface area (Å²) in [5.41, 5.74) is 0.673. The van der Waals surface area contributed by atoms with Crippen LogP contribution in [-0.2, 0) is 9.59 Å². The number of benzene rings is 1. The van der Waals surface area contributed by atoms with Crippen molar-refractivity contribution >= 4 is 34.5 Å². The summed E-state index contributed by atoms with van der Waals surface area (Å²) in [7, 11) is 0. The molecule has 1 aromatic rings. The zero-order valence-corrected chi connectivity index (χ0v) is 9.62. The Bertz CT molecular complexity index is 461. The number of para-hydroxylation sites is 1. The second-order valence-electron chi connectivity index (χ2n) is 3.50. The molecular weight excluding hydrogens is 240 g/mol. The normalized spacial score (nSPS) is 18.9. The predicted molar refractivity (Wildman–Crippen MR) is 64.6 cm³/mol. The first-order valence-corrected chi connectivity index (χ1v) is 5.89. The number of amides is 3. The smallest absolute Gasteiger partial charge is 0.286 e. The fraction of sp³-hybridized carbons (Fsp3) is 0.182. The SMILES string of the molecule is O=C(C[C@H]1SC(=O)NC1=O)Nc1ccccc1. The Hall–Kier alpha value is -1.82. The van der Waals surface area contributed by atoms with Crippen LogP contribution in [0.3, 0.4) is 0 Å². The first kappa shape index (κ1) is 11.7. The number of nitrogens with one attached hydrogen (secondary N) is 2. The largest absolute Gasteiger partial charge is 0.326 e. The van der Waals surface area contributed by atoms with Crippen molar-refractivity contribution in [2.45, 2.75) is 11.7 Å². The molecule has 6 heteroatoms. The average Bonchev–Trinajstić information content (AvgIpc) is 2.58. The Labute approximate surface area is 102 Å². The highest BCUT2D eigenvalue weighted by molar-refractivity contribution is 8.15. The van der Waals surface area contributed by atoms with Gasteiger partial charge in [-0.05, 0) is 12.1 Å². The topological polar surface area (TPSA) is 75.3 Å². The molecule has 0 spiro atoms. The van der Waals surface area contributed by atoms with E-state index in [0.717, 1.165) is 11.8 Å². The number of carbonyl (C=O) groups excluding carboxylic acids is 3. The summed E-state index contributed by atoms with van der Waals surface area (Å²) in [6, 6.07) is 8.96. The molecule has 0 bridgehead atoms. The van der Waals surface area contributed by atoms with E-state index in [2.05, 4.69) is 10.6 Å². The van der Waals surface area contributed by atoms with E-state index in [1.165, 1.54) is 0 Å². The van der Waals surface area contributed by atoms with E-state index < -0.39 is 16.4 Å². The molecule has 0 aromatic heterocycles. The Morgan fingerprint density at radius 3 is 2.59 bits per heavy atom. The molecule has 1 fully saturated rings. The maximum atomic E-state index is 11.6. The molecule has 88 valence electrons. The maximum Gasteiger partial charge on any atom is 0.286 e. The molecule has 0 unspecified atom stereocenters. The molecule has 0 radical (unpaired) electrons. The Morgan fingerprint density at radius 2 is 2.00 bits per heavy atom. The second-order valence-corrected chi connectivity index (χ2v) is 4.68. The lowest BCUT2D eigenvalue weighted by Crippen LogP contribution is -2.27. The number of thioether (sulfide) groups is 1. The fourth-order valence-electron chi connectivity index (χ4n) is 1.43. The quantitative estimate of drug-likeness (QED) is 0.849. The van der Waals surface area contributed by atoms with Gasteiger partial charge in [0.1, 0.15) is 5.25 Å². The Morgan fingerprint density at radius 1 is 1.29 bits per heavy atom. The summed E-state index contributed by atoms with van der Waals surface area (Å²) in [4.78, 5) is 33.7. The molecule has 1 saturated heterocycles. The average molecular weight is 250 g/mol. The molecule has 2 rings (SSSR count). The highest BCUT2D eigenvalue weighted by Crippen LogP contribution is 2.22. The van der Waals surface area contributed by atoms with Crippen LogP contribution >= 0.6 is 11.8 Å². The third-order valence-electron chi connectivity index (χ3n) is 2.20. The van der Waals surface area contributed by atoms with Crippen LogP contribution in [0.1, 0.15) is 6.42 Å². The lowest BCUT2D eigenvalue weighted by Gasteiger charge is -2.06. The number of anilines is 1. The van der Waals surface area contributed by atoms with E-state index in [1.54, 1.807) is 24.3 Å². The van der Waals surface area contributed by atoms with Crippen molar-refractivity contribution in [3.05, 3.63) is 30.3 Å². The molecule has 17 heavy (non-hydrogen) atoms. The predicted octanol–water partition coefficient (Wildman–Crippen LogP) is 1.37. The summed E-state index contributed by atoms with van der Waals surface area (Å²) < 4.78 is 0. The first-order valence-electron chi connectivity index (χ1n) is 5.01. The minimum absolute atomic E-state index is 0.00284.